The van der Waals surface area contributed by atoms with Crippen molar-refractivity contribution in [1.29, 1.82) is 0 Å². The number of aromatic amines is 1. The maximum atomic E-state index is 12.3. The minimum Gasteiger partial charge on any atom is -0.306 e. The highest BCUT2D eigenvalue weighted by Crippen LogP contribution is 2.22. The SMILES string of the molecule is C=Cc1ccc(-c2nc3c(C)cccc3c(=O)[nH]2)cc1C=C. The average molecular weight is 288 g/mol. The van der Waals surface area contributed by atoms with Gasteiger partial charge in [0.1, 0.15) is 5.82 Å². The zero-order valence-corrected chi connectivity index (χ0v) is 12.4. The van der Waals surface area contributed by atoms with Gasteiger partial charge in [-0.05, 0) is 35.7 Å². The Morgan fingerprint density at radius 3 is 2.59 bits per heavy atom. The molecular formula is C19H16N2O. The van der Waals surface area contributed by atoms with Crippen LogP contribution in [-0.2, 0) is 0 Å². The van der Waals surface area contributed by atoms with Crippen LogP contribution in [0.3, 0.4) is 0 Å². The van der Waals surface area contributed by atoms with Crippen LogP contribution in [0.15, 0.2) is 54.4 Å². The van der Waals surface area contributed by atoms with E-state index in [2.05, 4.69) is 23.1 Å². The molecule has 0 aliphatic heterocycles. The Morgan fingerprint density at radius 2 is 1.86 bits per heavy atom. The summed E-state index contributed by atoms with van der Waals surface area (Å²) in [4.78, 5) is 19.7. The first kappa shape index (κ1) is 14.0. The van der Waals surface area contributed by atoms with Crippen molar-refractivity contribution in [2.75, 3.05) is 0 Å². The molecule has 0 aliphatic rings. The Hall–Kier alpha value is -2.94. The molecule has 1 heterocycles. The smallest absolute Gasteiger partial charge is 0.259 e. The Labute approximate surface area is 128 Å². The van der Waals surface area contributed by atoms with E-state index in [9.17, 15) is 4.79 Å². The monoisotopic (exact) mass is 288 g/mol. The van der Waals surface area contributed by atoms with Crippen molar-refractivity contribution in [3.8, 4) is 11.4 Å². The van der Waals surface area contributed by atoms with Crippen molar-refractivity contribution in [1.82, 2.24) is 9.97 Å². The number of aromatic nitrogens is 2. The molecule has 22 heavy (non-hydrogen) atoms. The van der Waals surface area contributed by atoms with E-state index in [-0.39, 0.29) is 5.56 Å². The maximum absolute atomic E-state index is 12.3. The molecule has 0 bridgehead atoms. The summed E-state index contributed by atoms with van der Waals surface area (Å²) in [6.07, 6.45) is 3.55. The summed E-state index contributed by atoms with van der Waals surface area (Å²) >= 11 is 0. The largest absolute Gasteiger partial charge is 0.306 e. The van der Waals surface area contributed by atoms with Gasteiger partial charge in [0.05, 0.1) is 10.9 Å². The quantitative estimate of drug-likeness (QED) is 0.785. The molecule has 0 radical (unpaired) electrons. The number of nitrogens with zero attached hydrogens (tertiary/aromatic N) is 1. The van der Waals surface area contributed by atoms with E-state index >= 15 is 0 Å². The van der Waals surface area contributed by atoms with Crippen LogP contribution < -0.4 is 5.56 Å². The van der Waals surface area contributed by atoms with Crippen molar-refractivity contribution in [3.63, 3.8) is 0 Å². The molecule has 0 fully saturated rings. The first-order valence-corrected chi connectivity index (χ1v) is 7.03. The lowest BCUT2D eigenvalue weighted by molar-refractivity contribution is 1.17. The van der Waals surface area contributed by atoms with Crippen LogP contribution in [0, 0.1) is 6.92 Å². The number of aryl methyl sites for hydroxylation is 1. The van der Waals surface area contributed by atoms with E-state index < -0.39 is 0 Å². The Bertz CT molecular complexity index is 951. The molecular weight excluding hydrogens is 272 g/mol. The van der Waals surface area contributed by atoms with Gasteiger partial charge in [-0.15, -0.1) is 0 Å². The molecule has 0 amide bonds. The second-order valence-corrected chi connectivity index (χ2v) is 5.14. The van der Waals surface area contributed by atoms with Crippen LogP contribution in [0.2, 0.25) is 0 Å². The standard InChI is InChI=1S/C19H16N2O/c1-4-13-9-10-15(11-14(13)5-2)18-20-17-12(3)7-6-8-16(17)19(22)21-18/h4-11H,1-2H2,3H3,(H,20,21,22). The molecule has 108 valence electrons. The summed E-state index contributed by atoms with van der Waals surface area (Å²) < 4.78 is 0. The number of nitrogens with one attached hydrogen (secondary N) is 1. The molecule has 0 aliphatic carbocycles. The summed E-state index contributed by atoms with van der Waals surface area (Å²) in [6.45, 7) is 9.56. The number of hydrogen-bond donors (Lipinski definition) is 1. The Balaban J connectivity index is 2.27. The second-order valence-electron chi connectivity index (χ2n) is 5.14. The average Bonchev–Trinajstić information content (AvgIpc) is 2.55. The lowest BCUT2D eigenvalue weighted by atomic mass is 10.0. The fourth-order valence-electron chi connectivity index (χ4n) is 2.53. The van der Waals surface area contributed by atoms with E-state index in [0.717, 1.165) is 27.8 Å². The minimum atomic E-state index is -0.128. The molecule has 3 nitrogen and oxygen atoms in total. The van der Waals surface area contributed by atoms with Crippen LogP contribution in [0.1, 0.15) is 16.7 Å². The lowest BCUT2D eigenvalue weighted by Crippen LogP contribution is -2.10. The fourth-order valence-corrected chi connectivity index (χ4v) is 2.53. The van der Waals surface area contributed by atoms with Crippen LogP contribution in [-0.4, -0.2) is 9.97 Å². The number of hydrogen-bond acceptors (Lipinski definition) is 2. The summed E-state index contributed by atoms with van der Waals surface area (Å²) in [5, 5.41) is 0.607. The van der Waals surface area contributed by atoms with E-state index in [0.29, 0.717) is 11.2 Å². The molecule has 0 spiro atoms. The summed E-state index contributed by atoms with van der Waals surface area (Å²) in [5.41, 5.74) is 4.39. The third-order valence-corrected chi connectivity index (χ3v) is 3.74. The number of benzene rings is 2. The minimum absolute atomic E-state index is 0.128. The van der Waals surface area contributed by atoms with Gasteiger partial charge in [0.2, 0.25) is 0 Å². The first-order chi connectivity index (χ1) is 10.6. The van der Waals surface area contributed by atoms with Gasteiger partial charge < -0.3 is 4.98 Å². The van der Waals surface area contributed by atoms with E-state index in [1.807, 2.05) is 37.3 Å². The molecule has 3 heteroatoms. The normalized spacial score (nSPS) is 10.6. The third kappa shape index (κ3) is 2.27. The van der Waals surface area contributed by atoms with Crippen molar-refractivity contribution in [3.05, 3.63) is 76.6 Å². The van der Waals surface area contributed by atoms with Gasteiger partial charge in [-0.3, -0.25) is 4.79 Å². The molecule has 0 unspecified atom stereocenters. The van der Waals surface area contributed by atoms with Gasteiger partial charge in [0.25, 0.3) is 5.56 Å². The summed E-state index contributed by atoms with van der Waals surface area (Å²) in [6, 6.07) is 11.4. The third-order valence-electron chi connectivity index (χ3n) is 3.74. The molecule has 0 atom stereocenters. The second kappa shape index (κ2) is 5.45. The molecule has 1 N–H and O–H groups in total. The molecule has 3 aromatic rings. The lowest BCUT2D eigenvalue weighted by Gasteiger charge is -2.07. The number of para-hydroxylation sites is 1. The van der Waals surface area contributed by atoms with Gasteiger partial charge in [0, 0.05) is 5.56 Å². The van der Waals surface area contributed by atoms with Gasteiger partial charge in [-0.2, -0.15) is 0 Å². The van der Waals surface area contributed by atoms with Crippen molar-refractivity contribution >= 4 is 23.1 Å². The van der Waals surface area contributed by atoms with E-state index in [4.69, 9.17) is 0 Å². The highest BCUT2D eigenvalue weighted by Gasteiger charge is 2.08. The highest BCUT2D eigenvalue weighted by atomic mass is 16.1. The zero-order chi connectivity index (χ0) is 15.7. The molecule has 2 aromatic carbocycles. The molecule has 3 rings (SSSR count). The van der Waals surface area contributed by atoms with Crippen LogP contribution in [0.5, 0.6) is 0 Å². The van der Waals surface area contributed by atoms with Gasteiger partial charge in [-0.25, -0.2) is 4.98 Å². The maximum Gasteiger partial charge on any atom is 0.259 e. The summed E-state index contributed by atoms with van der Waals surface area (Å²) in [5.74, 6) is 0.561. The molecule has 0 saturated heterocycles. The summed E-state index contributed by atoms with van der Waals surface area (Å²) in [7, 11) is 0. The molecule has 1 aromatic heterocycles. The zero-order valence-electron chi connectivity index (χ0n) is 12.4. The van der Waals surface area contributed by atoms with E-state index in [1.54, 1.807) is 18.2 Å². The van der Waals surface area contributed by atoms with Crippen LogP contribution >= 0.6 is 0 Å². The van der Waals surface area contributed by atoms with Crippen molar-refractivity contribution < 1.29 is 0 Å². The fraction of sp³-hybridized carbons (Fsp3) is 0.0526. The Morgan fingerprint density at radius 1 is 1.09 bits per heavy atom. The number of fused-ring (bicyclic) bond motifs is 1. The van der Waals surface area contributed by atoms with Crippen molar-refractivity contribution in [2.24, 2.45) is 0 Å². The van der Waals surface area contributed by atoms with Gasteiger partial charge in [0.15, 0.2) is 0 Å². The van der Waals surface area contributed by atoms with Crippen LogP contribution in [0.4, 0.5) is 0 Å². The number of H-pyrrole nitrogens is 1. The van der Waals surface area contributed by atoms with Gasteiger partial charge >= 0.3 is 0 Å². The predicted octanol–water partition coefficient (Wildman–Crippen LogP) is 4.18. The number of rotatable bonds is 3. The predicted molar refractivity (Wildman–Crippen MR) is 92.7 cm³/mol. The van der Waals surface area contributed by atoms with Crippen LogP contribution in [0.25, 0.3) is 34.4 Å². The highest BCUT2D eigenvalue weighted by molar-refractivity contribution is 5.82. The van der Waals surface area contributed by atoms with E-state index in [1.165, 1.54) is 0 Å². The topological polar surface area (TPSA) is 45.8 Å². The molecule has 0 saturated carbocycles. The first-order valence-electron chi connectivity index (χ1n) is 7.03. The van der Waals surface area contributed by atoms with Gasteiger partial charge in [-0.1, -0.05) is 49.6 Å². The van der Waals surface area contributed by atoms with Crippen molar-refractivity contribution in [2.45, 2.75) is 6.92 Å². The Kier molecular flexibility index (Phi) is 3.47.